The van der Waals surface area contributed by atoms with Crippen molar-refractivity contribution in [2.45, 2.75) is 66.3 Å². The van der Waals surface area contributed by atoms with Gasteiger partial charge in [-0.3, -0.25) is 4.79 Å². The van der Waals surface area contributed by atoms with Crippen LogP contribution >= 0.6 is 0 Å². The van der Waals surface area contributed by atoms with Crippen LogP contribution in [-0.4, -0.2) is 25.2 Å². The van der Waals surface area contributed by atoms with Gasteiger partial charge in [0.15, 0.2) is 0 Å². The third-order valence-electron chi connectivity index (χ3n) is 1.82. The third kappa shape index (κ3) is 15.9. The number of ether oxygens (including phenoxy) is 1. The fourth-order valence-corrected chi connectivity index (χ4v) is 1.12. The Kier molecular flexibility index (Phi) is 16.1. The third-order valence-corrected chi connectivity index (χ3v) is 1.82. The van der Waals surface area contributed by atoms with E-state index in [4.69, 9.17) is 4.74 Å². The number of nitrogens with one attached hydrogen (secondary N) is 1. The minimum atomic E-state index is 0. The molecule has 0 spiro atoms. The van der Waals surface area contributed by atoms with Crippen molar-refractivity contribution in [1.82, 2.24) is 5.32 Å². The van der Waals surface area contributed by atoms with Gasteiger partial charge in [-0.1, -0.05) is 33.6 Å². The van der Waals surface area contributed by atoms with E-state index in [2.05, 4.69) is 12.2 Å². The number of amides is 1. The second kappa shape index (κ2) is 14.4. The lowest BCUT2D eigenvalue weighted by Gasteiger charge is -2.08. The number of hydrogen-bond donors (Lipinski definition) is 1. The Bertz CT molecular complexity index is 152. The van der Waals surface area contributed by atoms with Crippen LogP contribution in [0.5, 0.6) is 0 Å². The predicted octanol–water partition coefficient (Wildman–Crippen LogP) is 3.38. The SMILES string of the molecule is CC.CCCCCOCCC(=O)NC(C)C.[HH]. The van der Waals surface area contributed by atoms with Crippen LogP contribution in [0.3, 0.4) is 0 Å². The maximum Gasteiger partial charge on any atom is 0.222 e. The molecule has 0 aromatic rings. The largest absolute Gasteiger partial charge is 0.381 e. The number of carbonyl (C=O) groups is 1. The van der Waals surface area contributed by atoms with Crippen LogP contribution < -0.4 is 5.32 Å². The molecule has 0 fully saturated rings. The molecule has 16 heavy (non-hydrogen) atoms. The summed E-state index contributed by atoms with van der Waals surface area (Å²) in [5.74, 6) is 0.0792. The van der Waals surface area contributed by atoms with E-state index in [0.717, 1.165) is 13.0 Å². The van der Waals surface area contributed by atoms with Gasteiger partial charge in [-0.2, -0.15) is 0 Å². The molecule has 0 rings (SSSR count). The van der Waals surface area contributed by atoms with Gasteiger partial charge in [0, 0.05) is 20.5 Å². The van der Waals surface area contributed by atoms with Crippen LogP contribution in [0.4, 0.5) is 0 Å². The molecule has 0 bridgehead atoms. The zero-order chi connectivity index (χ0) is 12.8. The van der Waals surface area contributed by atoms with Crippen LogP contribution in [0.1, 0.15) is 61.7 Å². The van der Waals surface area contributed by atoms with Gasteiger partial charge in [0.2, 0.25) is 5.91 Å². The molecule has 0 saturated heterocycles. The summed E-state index contributed by atoms with van der Waals surface area (Å²) >= 11 is 0. The molecule has 0 aliphatic carbocycles. The minimum absolute atomic E-state index is 0. The van der Waals surface area contributed by atoms with Gasteiger partial charge in [-0.05, 0) is 20.3 Å². The summed E-state index contributed by atoms with van der Waals surface area (Å²) in [7, 11) is 0. The molecule has 0 aliphatic heterocycles. The monoisotopic (exact) mass is 233 g/mol. The molecule has 0 heterocycles. The van der Waals surface area contributed by atoms with E-state index in [1.54, 1.807) is 0 Å². The molecule has 0 unspecified atom stereocenters. The van der Waals surface area contributed by atoms with Crippen molar-refractivity contribution in [3.63, 3.8) is 0 Å². The summed E-state index contributed by atoms with van der Waals surface area (Å²) in [4.78, 5) is 11.2. The van der Waals surface area contributed by atoms with Gasteiger partial charge >= 0.3 is 0 Å². The summed E-state index contributed by atoms with van der Waals surface area (Å²) in [6, 6.07) is 0.225. The average Bonchev–Trinajstić information content (AvgIpc) is 2.25. The second-order valence-corrected chi connectivity index (χ2v) is 3.79. The summed E-state index contributed by atoms with van der Waals surface area (Å²) in [5, 5.41) is 2.83. The second-order valence-electron chi connectivity index (χ2n) is 3.79. The lowest BCUT2D eigenvalue weighted by molar-refractivity contribution is -0.122. The number of hydrogen-bond acceptors (Lipinski definition) is 2. The summed E-state index contributed by atoms with van der Waals surface area (Å²) in [6.45, 7) is 11.4. The molecule has 100 valence electrons. The molecule has 0 aliphatic rings. The molecular weight excluding hydrogens is 202 g/mol. The Morgan fingerprint density at radius 2 is 1.88 bits per heavy atom. The number of carbonyl (C=O) groups excluding carboxylic acids is 1. The van der Waals surface area contributed by atoms with Crippen molar-refractivity contribution in [1.29, 1.82) is 0 Å². The van der Waals surface area contributed by atoms with Crippen molar-refractivity contribution in [3.05, 3.63) is 0 Å². The van der Waals surface area contributed by atoms with Crippen molar-refractivity contribution in [3.8, 4) is 0 Å². The van der Waals surface area contributed by atoms with Gasteiger partial charge in [0.05, 0.1) is 6.61 Å². The fraction of sp³-hybridized carbons (Fsp3) is 0.923. The predicted molar refractivity (Wildman–Crippen MR) is 71.7 cm³/mol. The van der Waals surface area contributed by atoms with Gasteiger partial charge in [0.1, 0.15) is 0 Å². The maximum absolute atomic E-state index is 11.2. The van der Waals surface area contributed by atoms with Crippen LogP contribution in [0.15, 0.2) is 0 Å². The molecule has 0 aromatic heterocycles. The van der Waals surface area contributed by atoms with E-state index in [1.807, 2.05) is 27.7 Å². The fourth-order valence-electron chi connectivity index (χ4n) is 1.12. The summed E-state index contributed by atoms with van der Waals surface area (Å²) in [5.41, 5.74) is 0. The molecule has 1 N–H and O–H groups in total. The lowest BCUT2D eigenvalue weighted by Crippen LogP contribution is -2.30. The molecule has 0 saturated carbocycles. The van der Waals surface area contributed by atoms with Gasteiger partial charge < -0.3 is 10.1 Å². The molecule has 3 heteroatoms. The lowest BCUT2D eigenvalue weighted by atomic mass is 10.3. The molecule has 3 nitrogen and oxygen atoms in total. The zero-order valence-corrected chi connectivity index (χ0v) is 11.6. The molecule has 0 radical (unpaired) electrons. The van der Waals surface area contributed by atoms with Gasteiger partial charge in [-0.15, -0.1) is 0 Å². The Labute approximate surface area is 102 Å². The number of unbranched alkanes of at least 4 members (excludes halogenated alkanes) is 2. The highest BCUT2D eigenvalue weighted by Crippen LogP contribution is 1.94. The highest BCUT2D eigenvalue weighted by molar-refractivity contribution is 5.76. The van der Waals surface area contributed by atoms with Gasteiger partial charge in [-0.25, -0.2) is 0 Å². The van der Waals surface area contributed by atoms with Crippen LogP contribution in [0.2, 0.25) is 0 Å². The topological polar surface area (TPSA) is 38.3 Å². The first-order valence-corrected chi connectivity index (χ1v) is 6.54. The molecule has 0 aromatic carbocycles. The Morgan fingerprint density at radius 1 is 1.25 bits per heavy atom. The van der Waals surface area contributed by atoms with Crippen LogP contribution in [0.25, 0.3) is 0 Å². The quantitative estimate of drug-likeness (QED) is 0.653. The standard InChI is InChI=1S/C11H23NO2.C2H6.H2/c1-4-5-6-8-14-9-7-11(13)12-10(2)3;1-2;/h10H,4-9H2,1-3H3,(H,12,13);1-2H3;1H. The first kappa shape index (κ1) is 17.8. The first-order valence-electron chi connectivity index (χ1n) is 6.54. The first-order chi connectivity index (χ1) is 7.66. The maximum atomic E-state index is 11.2. The van der Waals surface area contributed by atoms with E-state index in [-0.39, 0.29) is 13.4 Å². The van der Waals surface area contributed by atoms with Crippen molar-refractivity contribution in [2.75, 3.05) is 13.2 Å². The highest BCUT2D eigenvalue weighted by Gasteiger charge is 2.01. The van der Waals surface area contributed by atoms with E-state index in [1.165, 1.54) is 12.8 Å². The van der Waals surface area contributed by atoms with Crippen molar-refractivity contribution < 1.29 is 11.0 Å². The normalized spacial score (nSPS) is 9.62. The molecule has 1 amide bonds. The Morgan fingerprint density at radius 3 is 2.38 bits per heavy atom. The smallest absolute Gasteiger partial charge is 0.222 e. The number of rotatable bonds is 8. The van der Waals surface area contributed by atoms with Crippen LogP contribution in [-0.2, 0) is 9.53 Å². The van der Waals surface area contributed by atoms with Crippen LogP contribution in [0, 0.1) is 0 Å². The van der Waals surface area contributed by atoms with E-state index < -0.39 is 0 Å². The van der Waals surface area contributed by atoms with E-state index in [9.17, 15) is 4.79 Å². The Balaban J connectivity index is -0.000000616. The minimum Gasteiger partial charge on any atom is -0.381 e. The average molecular weight is 233 g/mol. The molecule has 0 atom stereocenters. The summed E-state index contributed by atoms with van der Waals surface area (Å²) < 4.78 is 5.33. The Hall–Kier alpha value is -0.570. The van der Waals surface area contributed by atoms with Crippen molar-refractivity contribution in [2.24, 2.45) is 0 Å². The molecular formula is C13H31NO2. The van der Waals surface area contributed by atoms with E-state index >= 15 is 0 Å². The van der Waals surface area contributed by atoms with Gasteiger partial charge in [0.25, 0.3) is 0 Å². The van der Waals surface area contributed by atoms with E-state index in [0.29, 0.717) is 13.0 Å². The van der Waals surface area contributed by atoms with Crippen molar-refractivity contribution >= 4 is 5.91 Å². The zero-order valence-electron chi connectivity index (χ0n) is 11.6. The highest BCUT2D eigenvalue weighted by atomic mass is 16.5. The summed E-state index contributed by atoms with van der Waals surface area (Å²) in [6.07, 6.45) is 3.99.